The SMILES string of the molecule is COc1ccc(-c2oc(=O)n(CCc3ccccc3)c2-c2ccc(OC)cc2)cc1. The lowest BCUT2D eigenvalue weighted by atomic mass is 10.0. The predicted molar refractivity (Wildman–Crippen MR) is 117 cm³/mol. The Morgan fingerprint density at radius 3 is 1.90 bits per heavy atom. The quantitative estimate of drug-likeness (QED) is 0.436. The second-order valence-corrected chi connectivity index (χ2v) is 6.89. The van der Waals surface area contributed by atoms with Gasteiger partial charge in [0.2, 0.25) is 0 Å². The van der Waals surface area contributed by atoms with Crippen LogP contribution >= 0.6 is 0 Å². The average Bonchev–Trinajstić information content (AvgIpc) is 3.14. The van der Waals surface area contributed by atoms with Gasteiger partial charge in [0.05, 0.1) is 19.9 Å². The molecule has 1 aromatic heterocycles. The number of aromatic nitrogens is 1. The second-order valence-electron chi connectivity index (χ2n) is 6.89. The zero-order valence-corrected chi connectivity index (χ0v) is 17.0. The summed E-state index contributed by atoms with van der Waals surface area (Å²) in [6, 6.07) is 25.2. The first kappa shape index (κ1) is 19.6. The van der Waals surface area contributed by atoms with E-state index in [1.807, 2.05) is 66.7 Å². The number of oxazole rings is 1. The van der Waals surface area contributed by atoms with Crippen LogP contribution < -0.4 is 15.2 Å². The molecule has 5 nitrogen and oxygen atoms in total. The fourth-order valence-electron chi connectivity index (χ4n) is 3.47. The maximum Gasteiger partial charge on any atom is 0.420 e. The highest BCUT2D eigenvalue weighted by molar-refractivity contribution is 5.77. The monoisotopic (exact) mass is 401 g/mol. The van der Waals surface area contributed by atoms with Crippen LogP contribution in [0.1, 0.15) is 5.56 Å². The Morgan fingerprint density at radius 1 is 0.767 bits per heavy atom. The summed E-state index contributed by atoms with van der Waals surface area (Å²) in [6.45, 7) is 0.518. The lowest BCUT2D eigenvalue weighted by molar-refractivity contribution is 0.414. The molecule has 0 saturated carbocycles. The zero-order valence-electron chi connectivity index (χ0n) is 17.0. The summed E-state index contributed by atoms with van der Waals surface area (Å²) in [5.41, 5.74) is 3.62. The molecule has 0 radical (unpaired) electrons. The van der Waals surface area contributed by atoms with Gasteiger partial charge in [-0.1, -0.05) is 30.3 Å². The van der Waals surface area contributed by atoms with E-state index in [1.165, 1.54) is 0 Å². The van der Waals surface area contributed by atoms with Crippen LogP contribution in [0.4, 0.5) is 0 Å². The standard InChI is InChI=1S/C25H23NO4/c1-28-21-12-8-19(9-13-21)23-24(20-10-14-22(29-2)15-11-20)30-25(27)26(23)17-16-18-6-4-3-5-7-18/h3-15H,16-17H2,1-2H3. The molecule has 152 valence electrons. The van der Waals surface area contributed by atoms with Gasteiger partial charge in [-0.05, 0) is 60.5 Å². The van der Waals surface area contributed by atoms with Gasteiger partial charge < -0.3 is 13.9 Å². The van der Waals surface area contributed by atoms with Gasteiger partial charge in [0.1, 0.15) is 11.5 Å². The topological polar surface area (TPSA) is 53.6 Å². The number of rotatable bonds is 7. The van der Waals surface area contributed by atoms with Crippen LogP contribution in [-0.2, 0) is 13.0 Å². The molecule has 1 heterocycles. The van der Waals surface area contributed by atoms with Gasteiger partial charge in [-0.25, -0.2) is 4.79 Å². The summed E-state index contributed by atoms with van der Waals surface area (Å²) in [4.78, 5) is 12.8. The molecule has 0 fully saturated rings. The normalized spacial score (nSPS) is 10.7. The second kappa shape index (κ2) is 8.74. The van der Waals surface area contributed by atoms with E-state index >= 15 is 0 Å². The number of aryl methyl sites for hydroxylation is 1. The van der Waals surface area contributed by atoms with Crippen molar-refractivity contribution in [3.05, 3.63) is 95.0 Å². The molecule has 0 saturated heterocycles. The van der Waals surface area contributed by atoms with E-state index in [2.05, 4.69) is 12.1 Å². The molecule has 0 bridgehead atoms. The largest absolute Gasteiger partial charge is 0.497 e. The Morgan fingerprint density at radius 2 is 1.33 bits per heavy atom. The van der Waals surface area contributed by atoms with Crippen molar-refractivity contribution in [2.45, 2.75) is 13.0 Å². The minimum Gasteiger partial charge on any atom is -0.497 e. The van der Waals surface area contributed by atoms with Crippen molar-refractivity contribution in [2.24, 2.45) is 0 Å². The van der Waals surface area contributed by atoms with E-state index in [0.717, 1.165) is 40.3 Å². The average molecular weight is 401 g/mol. The molecule has 0 N–H and O–H groups in total. The van der Waals surface area contributed by atoms with E-state index in [4.69, 9.17) is 13.9 Å². The van der Waals surface area contributed by atoms with Crippen LogP contribution in [0.5, 0.6) is 11.5 Å². The number of nitrogens with zero attached hydrogens (tertiary/aromatic N) is 1. The van der Waals surface area contributed by atoms with Crippen LogP contribution in [0.25, 0.3) is 22.6 Å². The van der Waals surface area contributed by atoms with Gasteiger partial charge in [0, 0.05) is 17.7 Å². The number of methoxy groups -OCH3 is 2. The zero-order chi connectivity index (χ0) is 20.9. The first-order chi connectivity index (χ1) is 14.7. The molecule has 4 aromatic rings. The predicted octanol–water partition coefficient (Wildman–Crippen LogP) is 5.04. The van der Waals surface area contributed by atoms with E-state index in [0.29, 0.717) is 12.3 Å². The smallest absolute Gasteiger partial charge is 0.420 e. The van der Waals surface area contributed by atoms with Crippen molar-refractivity contribution in [3.63, 3.8) is 0 Å². The van der Waals surface area contributed by atoms with E-state index in [-0.39, 0.29) is 5.76 Å². The maximum absolute atomic E-state index is 12.8. The molecular formula is C25H23NO4. The Bertz CT molecular complexity index is 1160. The maximum atomic E-state index is 12.8. The van der Waals surface area contributed by atoms with E-state index in [1.54, 1.807) is 18.8 Å². The Balaban J connectivity index is 1.79. The third-order valence-corrected chi connectivity index (χ3v) is 5.08. The fraction of sp³-hybridized carbons (Fsp3) is 0.160. The van der Waals surface area contributed by atoms with Crippen LogP contribution in [0, 0.1) is 0 Å². The molecule has 0 unspecified atom stereocenters. The van der Waals surface area contributed by atoms with Gasteiger partial charge in [-0.2, -0.15) is 0 Å². The number of hydrogen-bond donors (Lipinski definition) is 0. The van der Waals surface area contributed by atoms with Crippen LogP contribution in [-0.4, -0.2) is 18.8 Å². The minimum atomic E-state index is -0.373. The van der Waals surface area contributed by atoms with Gasteiger partial charge >= 0.3 is 5.76 Å². The molecule has 0 aliphatic rings. The van der Waals surface area contributed by atoms with Gasteiger partial charge in [-0.3, -0.25) is 4.57 Å². The third kappa shape index (κ3) is 4.01. The summed E-state index contributed by atoms with van der Waals surface area (Å²) in [7, 11) is 3.25. The summed E-state index contributed by atoms with van der Waals surface area (Å²) in [5, 5.41) is 0. The minimum absolute atomic E-state index is 0.373. The Hall–Kier alpha value is -3.73. The van der Waals surface area contributed by atoms with E-state index < -0.39 is 0 Å². The summed E-state index contributed by atoms with van der Waals surface area (Å²) in [6.07, 6.45) is 0.728. The number of hydrogen-bond acceptors (Lipinski definition) is 4. The lowest BCUT2D eigenvalue weighted by Gasteiger charge is -2.10. The van der Waals surface area contributed by atoms with Gasteiger partial charge in [-0.15, -0.1) is 0 Å². The van der Waals surface area contributed by atoms with Crippen molar-refractivity contribution in [1.82, 2.24) is 4.57 Å². The molecular weight excluding hydrogens is 378 g/mol. The summed E-state index contributed by atoms with van der Waals surface area (Å²) >= 11 is 0. The van der Waals surface area contributed by atoms with Crippen molar-refractivity contribution in [1.29, 1.82) is 0 Å². The van der Waals surface area contributed by atoms with Gasteiger partial charge in [0.25, 0.3) is 0 Å². The molecule has 0 aliphatic heterocycles. The van der Waals surface area contributed by atoms with Crippen molar-refractivity contribution >= 4 is 0 Å². The molecule has 30 heavy (non-hydrogen) atoms. The van der Waals surface area contributed by atoms with Gasteiger partial charge in [0.15, 0.2) is 5.76 Å². The Kier molecular flexibility index (Phi) is 5.70. The van der Waals surface area contributed by atoms with Crippen LogP contribution in [0.2, 0.25) is 0 Å². The molecule has 4 rings (SSSR count). The van der Waals surface area contributed by atoms with Crippen molar-refractivity contribution in [3.8, 4) is 34.1 Å². The first-order valence-corrected chi connectivity index (χ1v) is 9.76. The van der Waals surface area contributed by atoms with Crippen LogP contribution in [0.15, 0.2) is 88.1 Å². The van der Waals surface area contributed by atoms with Crippen molar-refractivity contribution < 1.29 is 13.9 Å². The molecule has 0 aliphatic carbocycles. The third-order valence-electron chi connectivity index (χ3n) is 5.08. The number of benzene rings is 3. The number of ether oxygens (including phenoxy) is 2. The molecule has 0 spiro atoms. The first-order valence-electron chi connectivity index (χ1n) is 9.76. The molecule has 5 heteroatoms. The molecule has 0 atom stereocenters. The fourth-order valence-corrected chi connectivity index (χ4v) is 3.47. The van der Waals surface area contributed by atoms with Crippen molar-refractivity contribution in [2.75, 3.05) is 14.2 Å². The highest BCUT2D eigenvalue weighted by Crippen LogP contribution is 2.33. The highest BCUT2D eigenvalue weighted by atomic mass is 16.5. The van der Waals surface area contributed by atoms with E-state index in [9.17, 15) is 4.79 Å². The Labute approximate surface area is 175 Å². The summed E-state index contributed by atoms with van der Waals surface area (Å²) in [5.74, 6) is 1.67. The van der Waals surface area contributed by atoms with Crippen LogP contribution in [0.3, 0.4) is 0 Å². The summed E-state index contributed by atoms with van der Waals surface area (Å²) < 4.78 is 18.0. The highest BCUT2D eigenvalue weighted by Gasteiger charge is 2.20. The molecule has 0 amide bonds. The lowest BCUT2D eigenvalue weighted by Crippen LogP contribution is -2.17. The molecule has 3 aromatic carbocycles.